The molecule has 3 N–H and O–H groups in total. The molecule has 0 aliphatic carbocycles. The number of hydrogen-bond donors (Lipinski definition) is 3. The quantitative estimate of drug-likeness (QED) is 0.500. The highest BCUT2D eigenvalue weighted by Gasteiger charge is 2.12. The van der Waals surface area contributed by atoms with Crippen LogP contribution in [-0.4, -0.2) is 36.8 Å². The van der Waals surface area contributed by atoms with Gasteiger partial charge in [-0.1, -0.05) is 17.8 Å². The normalized spacial score (nSPS) is 10.7. The van der Waals surface area contributed by atoms with Gasteiger partial charge in [0.1, 0.15) is 5.82 Å². The summed E-state index contributed by atoms with van der Waals surface area (Å²) in [6.45, 7) is 1.65. The molecule has 3 aromatic heterocycles. The summed E-state index contributed by atoms with van der Waals surface area (Å²) in [5.41, 5.74) is -0.0148. The molecule has 140 valence electrons. The smallest absolute Gasteiger partial charge is 0.325 e. The lowest BCUT2D eigenvalue weighted by molar-refractivity contribution is -0.113. The molecule has 3 rings (SSSR count). The van der Waals surface area contributed by atoms with Crippen molar-refractivity contribution in [3.63, 3.8) is 0 Å². The second-order valence-corrected chi connectivity index (χ2v) is 6.45. The zero-order chi connectivity index (χ0) is 19.2. The van der Waals surface area contributed by atoms with Crippen molar-refractivity contribution in [3.8, 4) is 0 Å². The summed E-state index contributed by atoms with van der Waals surface area (Å²) < 4.78 is 5.47. The minimum atomic E-state index is -0.540. The number of nitrogens with one attached hydrogen (secondary N) is 3. The fourth-order valence-corrected chi connectivity index (χ4v) is 2.88. The van der Waals surface area contributed by atoms with Crippen LogP contribution in [0.1, 0.15) is 17.1 Å². The highest BCUT2D eigenvalue weighted by atomic mass is 32.2. The maximum atomic E-state index is 11.9. The molecule has 3 heterocycles. The van der Waals surface area contributed by atoms with Crippen LogP contribution in [0.5, 0.6) is 0 Å². The molecular formula is C16H16N6O4S. The Morgan fingerprint density at radius 3 is 2.81 bits per heavy atom. The van der Waals surface area contributed by atoms with E-state index in [9.17, 15) is 14.4 Å². The number of anilines is 1. The number of aromatic nitrogens is 5. The molecule has 0 fully saturated rings. The standard InChI is InChI=1S/C16H16N6O4S/c1-9-10(14(24)20-15(25)18-9)5-6-13-21-22-16(26-13)27-8-12(23)19-11-4-2-3-7-17-11/h2-4,7H,5-6,8H2,1H3,(H,17,19,23)(H2,18,20,24,25). The van der Waals surface area contributed by atoms with Gasteiger partial charge in [0.2, 0.25) is 11.8 Å². The first kappa shape index (κ1) is 18.6. The van der Waals surface area contributed by atoms with Gasteiger partial charge in [0, 0.05) is 23.9 Å². The van der Waals surface area contributed by atoms with Crippen LogP contribution in [0.15, 0.2) is 43.6 Å². The van der Waals surface area contributed by atoms with Crippen molar-refractivity contribution in [2.24, 2.45) is 0 Å². The number of pyridine rings is 1. The van der Waals surface area contributed by atoms with Crippen LogP contribution in [0, 0.1) is 6.92 Å². The number of aryl methyl sites for hydroxylation is 2. The van der Waals surface area contributed by atoms with Gasteiger partial charge in [0.25, 0.3) is 10.8 Å². The fraction of sp³-hybridized carbons (Fsp3) is 0.250. The monoisotopic (exact) mass is 388 g/mol. The van der Waals surface area contributed by atoms with Crippen molar-refractivity contribution < 1.29 is 9.21 Å². The van der Waals surface area contributed by atoms with Gasteiger partial charge in [-0.05, 0) is 25.5 Å². The van der Waals surface area contributed by atoms with E-state index in [0.717, 1.165) is 11.8 Å². The van der Waals surface area contributed by atoms with Crippen molar-refractivity contribution in [2.75, 3.05) is 11.1 Å². The molecule has 0 unspecified atom stereocenters. The number of amides is 1. The van der Waals surface area contributed by atoms with E-state index in [1.165, 1.54) is 0 Å². The van der Waals surface area contributed by atoms with Crippen molar-refractivity contribution in [1.82, 2.24) is 25.1 Å². The molecular weight excluding hydrogens is 372 g/mol. The van der Waals surface area contributed by atoms with Gasteiger partial charge >= 0.3 is 5.69 Å². The summed E-state index contributed by atoms with van der Waals surface area (Å²) in [7, 11) is 0. The van der Waals surface area contributed by atoms with E-state index in [2.05, 4.69) is 30.5 Å². The molecule has 0 radical (unpaired) electrons. The average molecular weight is 388 g/mol. The number of nitrogens with zero attached hydrogens (tertiary/aromatic N) is 3. The molecule has 1 amide bonds. The number of aromatic amines is 2. The predicted molar refractivity (Wildman–Crippen MR) is 97.7 cm³/mol. The van der Waals surface area contributed by atoms with Crippen molar-refractivity contribution in [1.29, 1.82) is 0 Å². The van der Waals surface area contributed by atoms with Crippen LogP contribution < -0.4 is 16.6 Å². The van der Waals surface area contributed by atoms with E-state index in [4.69, 9.17) is 4.42 Å². The summed E-state index contributed by atoms with van der Waals surface area (Å²) in [5.74, 6) is 0.661. The molecule has 0 aliphatic heterocycles. The molecule has 0 spiro atoms. The largest absolute Gasteiger partial charge is 0.416 e. The van der Waals surface area contributed by atoms with Gasteiger partial charge in [-0.2, -0.15) is 0 Å². The van der Waals surface area contributed by atoms with E-state index in [0.29, 0.717) is 35.8 Å². The maximum Gasteiger partial charge on any atom is 0.325 e. The number of hydrogen-bond acceptors (Lipinski definition) is 8. The van der Waals surface area contributed by atoms with Crippen LogP contribution in [0.2, 0.25) is 0 Å². The van der Waals surface area contributed by atoms with Gasteiger partial charge in [0.05, 0.1) is 5.75 Å². The zero-order valence-corrected chi connectivity index (χ0v) is 15.1. The van der Waals surface area contributed by atoms with Crippen LogP contribution in [0.25, 0.3) is 0 Å². The number of carbonyl (C=O) groups is 1. The molecule has 0 aromatic carbocycles. The van der Waals surface area contributed by atoms with E-state index in [-0.39, 0.29) is 16.9 Å². The van der Waals surface area contributed by atoms with Crippen LogP contribution in [0.3, 0.4) is 0 Å². The highest BCUT2D eigenvalue weighted by Crippen LogP contribution is 2.17. The second kappa shape index (κ2) is 8.45. The number of H-pyrrole nitrogens is 2. The Bertz CT molecular complexity index is 1040. The number of rotatable bonds is 7. The Kier molecular flexibility index (Phi) is 5.81. The summed E-state index contributed by atoms with van der Waals surface area (Å²) in [6.07, 6.45) is 2.26. The molecule has 10 nitrogen and oxygen atoms in total. The van der Waals surface area contributed by atoms with E-state index in [1.807, 2.05) is 0 Å². The first-order chi connectivity index (χ1) is 13.0. The van der Waals surface area contributed by atoms with Crippen molar-refractivity contribution >= 4 is 23.5 Å². The molecule has 0 saturated carbocycles. The minimum Gasteiger partial charge on any atom is -0.416 e. The minimum absolute atomic E-state index is 0.0942. The van der Waals surface area contributed by atoms with Gasteiger partial charge in [-0.3, -0.25) is 14.6 Å². The summed E-state index contributed by atoms with van der Waals surface area (Å²) in [5, 5.41) is 10.7. The average Bonchev–Trinajstić information content (AvgIpc) is 3.08. The SMILES string of the molecule is Cc1[nH]c(=O)[nH]c(=O)c1CCc1nnc(SCC(=O)Nc2ccccn2)o1. The van der Waals surface area contributed by atoms with Gasteiger partial charge in [-0.25, -0.2) is 9.78 Å². The highest BCUT2D eigenvalue weighted by molar-refractivity contribution is 7.99. The summed E-state index contributed by atoms with van der Waals surface area (Å²) in [6, 6.07) is 5.22. The van der Waals surface area contributed by atoms with E-state index in [1.54, 1.807) is 31.3 Å². The third kappa shape index (κ3) is 5.14. The van der Waals surface area contributed by atoms with Crippen molar-refractivity contribution in [2.45, 2.75) is 25.0 Å². The molecule has 3 aromatic rings. The topological polar surface area (TPSA) is 147 Å². The Labute approximate surface area is 156 Å². The molecule has 27 heavy (non-hydrogen) atoms. The lowest BCUT2D eigenvalue weighted by Crippen LogP contribution is -2.27. The molecule has 0 saturated heterocycles. The fourth-order valence-electron chi connectivity index (χ4n) is 2.30. The third-order valence-electron chi connectivity index (χ3n) is 3.55. The van der Waals surface area contributed by atoms with Crippen molar-refractivity contribution in [3.05, 3.63) is 62.4 Å². The Hall–Kier alpha value is -3.21. The molecule has 11 heteroatoms. The Morgan fingerprint density at radius 2 is 2.07 bits per heavy atom. The number of carbonyl (C=O) groups excluding carboxylic acids is 1. The maximum absolute atomic E-state index is 11.9. The van der Waals surface area contributed by atoms with Crippen LogP contribution >= 0.6 is 11.8 Å². The summed E-state index contributed by atoms with van der Waals surface area (Å²) in [4.78, 5) is 43.6. The summed E-state index contributed by atoms with van der Waals surface area (Å²) >= 11 is 1.10. The first-order valence-electron chi connectivity index (χ1n) is 7.99. The number of thioether (sulfide) groups is 1. The zero-order valence-electron chi connectivity index (χ0n) is 14.3. The van der Waals surface area contributed by atoms with Gasteiger partial charge < -0.3 is 14.7 Å². The molecule has 0 atom stereocenters. The van der Waals surface area contributed by atoms with E-state index >= 15 is 0 Å². The third-order valence-corrected chi connectivity index (χ3v) is 4.37. The predicted octanol–water partition coefficient (Wildman–Crippen LogP) is 0.666. The molecule has 0 bridgehead atoms. The lowest BCUT2D eigenvalue weighted by Gasteiger charge is -2.02. The van der Waals surface area contributed by atoms with Gasteiger partial charge in [-0.15, -0.1) is 10.2 Å². The Morgan fingerprint density at radius 1 is 1.22 bits per heavy atom. The van der Waals surface area contributed by atoms with Crippen LogP contribution in [0.4, 0.5) is 5.82 Å². The van der Waals surface area contributed by atoms with Crippen LogP contribution in [-0.2, 0) is 17.6 Å². The second-order valence-electron chi connectivity index (χ2n) is 5.53. The Balaban J connectivity index is 1.52. The first-order valence-corrected chi connectivity index (χ1v) is 8.98. The molecule has 0 aliphatic rings. The van der Waals surface area contributed by atoms with E-state index < -0.39 is 11.2 Å². The van der Waals surface area contributed by atoms with Gasteiger partial charge in [0.15, 0.2) is 0 Å². The lowest BCUT2D eigenvalue weighted by atomic mass is 10.1.